The molecule has 0 spiro atoms. The minimum Gasteiger partial charge on any atom is -0.288 e. The molecule has 0 aromatic carbocycles. The highest BCUT2D eigenvalue weighted by Gasteiger charge is 2.14. The molecule has 0 radical (unpaired) electrons. The monoisotopic (exact) mass is 273 g/mol. The van der Waals surface area contributed by atoms with E-state index in [2.05, 4.69) is 47.6 Å². The number of nitrogens with zero attached hydrogens (tertiary/aromatic N) is 3. The van der Waals surface area contributed by atoms with Gasteiger partial charge in [-0.2, -0.15) is 5.53 Å². The average molecular weight is 273 g/mol. The summed E-state index contributed by atoms with van der Waals surface area (Å²) in [5.41, 5.74) is 7.31. The van der Waals surface area contributed by atoms with Gasteiger partial charge in [-0.25, -0.2) is 5.01 Å². The fourth-order valence-electron chi connectivity index (χ4n) is 2.24. The Labute approximate surface area is 120 Å². The average Bonchev–Trinajstić information content (AvgIpc) is 2.65. The molecule has 108 valence electrons. The van der Waals surface area contributed by atoms with E-state index in [9.17, 15) is 0 Å². The van der Waals surface area contributed by atoms with Crippen molar-refractivity contribution in [3.05, 3.63) is 35.1 Å². The Morgan fingerprint density at radius 3 is 2.95 bits per heavy atom. The van der Waals surface area contributed by atoms with Crippen LogP contribution in [0.4, 0.5) is 0 Å². The Bertz CT molecular complexity index is 496. The van der Waals surface area contributed by atoms with Crippen molar-refractivity contribution in [1.82, 2.24) is 10.5 Å². The number of allylic oxidation sites excluding steroid dienone is 3. The molecule has 2 aliphatic rings. The standard InChI is InChI=1S/C15H23N5/c1-12-6-3-4-8-17-14(12)10-20(19-16)11-15-13(2)7-5-9-18-15/h3,6-8,19H,4-5,9-11,16H2,1-2H3. The summed E-state index contributed by atoms with van der Waals surface area (Å²) in [5, 5.41) is 1.94. The highest BCUT2D eigenvalue weighted by molar-refractivity contribution is 6.01. The van der Waals surface area contributed by atoms with Gasteiger partial charge in [-0.15, -0.1) is 0 Å². The summed E-state index contributed by atoms with van der Waals surface area (Å²) in [4.78, 5) is 9.08. The minimum atomic E-state index is 0.662. The van der Waals surface area contributed by atoms with Crippen molar-refractivity contribution in [2.24, 2.45) is 15.8 Å². The quantitative estimate of drug-likeness (QED) is 0.592. The molecule has 0 aromatic heterocycles. The number of hydrogen-bond acceptors (Lipinski definition) is 5. The summed E-state index contributed by atoms with van der Waals surface area (Å²) in [6.45, 7) is 6.40. The molecule has 0 saturated heterocycles. The van der Waals surface area contributed by atoms with E-state index in [1.54, 1.807) is 0 Å². The van der Waals surface area contributed by atoms with Crippen LogP contribution in [0.2, 0.25) is 0 Å². The molecule has 0 amide bonds. The lowest BCUT2D eigenvalue weighted by atomic mass is 10.1. The van der Waals surface area contributed by atoms with E-state index in [4.69, 9.17) is 5.84 Å². The highest BCUT2D eigenvalue weighted by Crippen LogP contribution is 2.13. The van der Waals surface area contributed by atoms with E-state index in [0.29, 0.717) is 13.1 Å². The van der Waals surface area contributed by atoms with Gasteiger partial charge in [0, 0.05) is 19.2 Å². The van der Waals surface area contributed by atoms with Crippen LogP contribution in [-0.4, -0.2) is 36.6 Å². The summed E-state index contributed by atoms with van der Waals surface area (Å²) in [7, 11) is 0. The van der Waals surface area contributed by atoms with Crippen molar-refractivity contribution in [2.45, 2.75) is 26.7 Å². The summed E-state index contributed by atoms with van der Waals surface area (Å²) in [5.74, 6) is 5.65. The maximum Gasteiger partial charge on any atom is 0.0584 e. The lowest BCUT2D eigenvalue weighted by Crippen LogP contribution is -2.47. The van der Waals surface area contributed by atoms with Crippen LogP contribution in [0.1, 0.15) is 26.7 Å². The van der Waals surface area contributed by atoms with Gasteiger partial charge in [0.2, 0.25) is 0 Å². The van der Waals surface area contributed by atoms with Gasteiger partial charge in [-0.05, 0) is 31.4 Å². The lowest BCUT2D eigenvalue weighted by Gasteiger charge is -2.23. The first kappa shape index (κ1) is 14.8. The molecule has 0 aliphatic carbocycles. The Morgan fingerprint density at radius 1 is 1.35 bits per heavy atom. The van der Waals surface area contributed by atoms with Crippen LogP contribution in [-0.2, 0) is 0 Å². The number of rotatable bonds is 5. The van der Waals surface area contributed by atoms with Crippen molar-refractivity contribution < 1.29 is 0 Å². The fraction of sp³-hybridized carbons (Fsp3) is 0.467. The van der Waals surface area contributed by atoms with Gasteiger partial charge in [0.1, 0.15) is 0 Å². The first-order valence-electron chi connectivity index (χ1n) is 7.01. The molecule has 2 heterocycles. The van der Waals surface area contributed by atoms with E-state index < -0.39 is 0 Å². The van der Waals surface area contributed by atoms with Crippen molar-refractivity contribution in [2.75, 3.05) is 19.6 Å². The van der Waals surface area contributed by atoms with Gasteiger partial charge in [0.15, 0.2) is 0 Å². The molecular weight excluding hydrogens is 250 g/mol. The molecule has 0 saturated carbocycles. The van der Waals surface area contributed by atoms with Gasteiger partial charge in [-0.3, -0.25) is 15.8 Å². The second kappa shape index (κ2) is 7.28. The number of nitrogens with two attached hydrogens (primary N) is 1. The van der Waals surface area contributed by atoms with Crippen LogP contribution in [0.15, 0.2) is 45.1 Å². The molecule has 3 N–H and O–H groups in total. The zero-order valence-corrected chi connectivity index (χ0v) is 12.3. The minimum absolute atomic E-state index is 0.662. The Balaban J connectivity index is 2.04. The van der Waals surface area contributed by atoms with Crippen molar-refractivity contribution in [1.29, 1.82) is 0 Å². The van der Waals surface area contributed by atoms with Gasteiger partial charge < -0.3 is 0 Å². The molecule has 0 bridgehead atoms. The van der Waals surface area contributed by atoms with E-state index in [0.717, 1.165) is 30.8 Å². The van der Waals surface area contributed by atoms with Gasteiger partial charge in [-0.1, -0.05) is 18.2 Å². The normalized spacial score (nSPS) is 19.2. The molecule has 0 aromatic rings. The third kappa shape index (κ3) is 3.96. The van der Waals surface area contributed by atoms with Gasteiger partial charge in [0.25, 0.3) is 0 Å². The topological polar surface area (TPSA) is 66.0 Å². The smallest absolute Gasteiger partial charge is 0.0584 e. The van der Waals surface area contributed by atoms with Crippen LogP contribution in [0.3, 0.4) is 0 Å². The number of hydrogen-bond donors (Lipinski definition) is 2. The molecule has 2 rings (SSSR count). The molecule has 2 aliphatic heterocycles. The number of hydrazine groups is 2. The molecule has 0 atom stereocenters. The predicted octanol–water partition coefficient (Wildman–Crippen LogP) is 1.76. The largest absolute Gasteiger partial charge is 0.288 e. The second-order valence-corrected chi connectivity index (χ2v) is 5.07. The van der Waals surface area contributed by atoms with E-state index >= 15 is 0 Å². The summed E-state index contributed by atoms with van der Waals surface area (Å²) >= 11 is 0. The van der Waals surface area contributed by atoms with Gasteiger partial charge in [0.05, 0.1) is 24.5 Å². The number of aliphatic imine (C=N–C) groups is 2. The maximum absolute atomic E-state index is 5.65. The first-order chi connectivity index (χ1) is 9.70. The second-order valence-electron chi connectivity index (χ2n) is 5.07. The molecule has 0 fully saturated rings. The van der Waals surface area contributed by atoms with E-state index in [1.165, 1.54) is 11.1 Å². The predicted molar refractivity (Wildman–Crippen MR) is 84.5 cm³/mol. The Morgan fingerprint density at radius 2 is 2.20 bits per heavy atom. The van der Waals surface area contributed by atoms with Crippen LogP contribution in [0.5, 0.6) is 0 Å². The molecule has 0 unspecified atom stereocenters. The molecule has 5 heteroatoms. The fourth-order valence-corrected chi connectivity index (χ4v) is 2.24. The zero-order chi connectivity index (χ0) is 14.4. The third-order valence-corrected chi connectivity index (χ3v) is 3.51. The number of dihydropyridines is 1. The SMILES string of the molecule is CC1=CCCN=C1CN(CC1=C(C)C=CCC=N1)NN. The molecule has 5 nitrogen and oxygen atoms in total. The van der Waals surface area contributed by atoms with E-state index in [-0.39, 0.29) is 0 Å². The van der Waals surface area contributed by atoms with Crippen LogP contribution < -0.4 is 11.4 Å². The Hall–Kier alpha value is -1.56. The van der Waals surface area contributed by atoms with Crippen LogP contribution >= 0.6 is 0 Å². The van der Waals surface area contributed by atoms with E-state index in [1.807, 2.05) is 11.2 Å². The van der Waals surface area contributed by atoms with Crippen molar-refractivity contribution in [3.8, 4) is 0 Å². The zero-order valence-electron chi connectivity index (χ0n) is 12.3. The Kier molecular flexibility index (Phi) is 5.40. The van der Waals surface area contributed by atoms with Crippen molar-refractivity contribution >= 4 is 11.9 Å². The number of nitrogens with one attached hydrogen (secondary N) is 1. The van der Waals surface area contributed by atoms with Crippen LogP contribution in [0, 0.1) is 0 Å². The third-order valence-electron chi connectivity index (χ3n) is 3.51. The summed E-state index contributed by atoms with van der Waals surface area (Å²) in [6.07, 6.45) is 10.3. The lowest BCUT2D eigenvalue weighted by molar-refractivity contribution is 0.237. The van der Waals surface area contributed by atoms with Gasteiger partial charge >= 0.3 is 0 Å². The van der Waals surface area contributed by atoms with Crippen LogP contribution in [0.25, 0.3) is 0 Å². The highest BCUT2D eigenvalue weighted by atomic mass is 15.6. The summed E-state index contributed by atoms with van der Waals surface area (Å²) < 4.78 is 0. The molecule has 20 heavy (non-hydrogen) atoms. The summed E-state index contributed by atoms with van der Waals surface area (Å²) in [6, 6.07) is 0. The first-order valence-corrected chi connectivity index (χ1v) is 7.01. The molecular formula is C15H23N5. The maximum atomic E-state index is 5.65. The van der Waals surface area contributed by atoms with Crippen molar-refractivity contribution in [3.63, 3.8) is 0 Å².